The van der Waals surface area contributed by atoms with Crippen LogP contribution in [-0.4, -0.2) is 35.2 Å². The molecule has 3 nitrogen and oxygen atoms in total. The Hall–Kier alpha value is -1.13. The summed E-state index contributed by atoms with van der Waals surface area (Å²) in [6.07, 6.45) is 0. The third-order valence-corrected chi connectivity index (χ3v) is 3.29. The van der Waals surface area contributed by atoms with Gasteiger partial charge in [-0.1, -0.05) is 0 Å². The van der Waals surface area contributed by atoms with Crippen LogP contribution in [0.1, 0.15) is 19.4 Å². The third-order valence-electron chi connectivity index (χ3n) is 3.29. The Bertz CT molecular complexity index is 386. The first-order valence-corrected chi connectivity index (χ1v) is 5.91. The molecule has 0 atom stereocenters. The second kappa shape index (κ2) is 4.63. The van der Waals surface area contributed by atoms with Crippen LogP contribution in [0, 0.1) is 5.82 Å². The lowest BCUT2D eigenvalue weighted by Gasteiger charge is -2.42. The highest BCUT2D eigenvalue weighted by atomic mass is 19.1. The van der Waals surface area contributed by atoms with Crippen LogP contribution in [0.2, 0.25) is 0 Å². The summed E-state index contributed by atoms with van der Waals surface area (Å²) in [6, 6.07) is 4.24. The second-order valence-corrected chi connectivity index (χ2v) is 5.23. The van der Waals surface area contributed by atoms with Crippen LogP contribution in [0.15, 0.2) is 18.2 Å². The topological polar surface area (TPSA) is 35.5 Å². The van der Waals surface area contributed by atoms with Crippen molar-refractivity contribution in [2.75, 3.05) is 19.6 Å². The predicted molar refractivity (Wildman–Crippen MR) is 65.4 cm³/mol. The first-order valence-electron chi connectivity index (χ1n) is 5.91. The minimum absolute atomic E-state index is 0.00654. The lowest BCUT2D eigenvalue weighted by molar-refractivity contribution is 0.0826. The zero-order chi connectivity index (χ0) is 12.5. The first-order chi connectivity index (χ1) is 7.97. The Labute approximate surface area is 101 Å². The van der Waals surface area contributed by atoms with E-state index in [1.54, 1.807) is 6.07 Å². The molecule has 1 aromatic carbocycles. The van der Waals surface area contributed by atoms with Crippen molar-refractivity contribution in [2.45, 2.75) is 25.9 Å². The van der Waals surface area contributed by atoms with Crippen molar-refractivity contribution in [3.05, 3.63) is 29.6 Å². The molecule has 2 N–H and O–H groups in total. The summed E-state index contributed by atoms with van der Waals surface area (Å²) in [5.41, 5.74) is 0.873. The maximum Gasteiger partial charge on any atom is 0.127 e. The zero-order valence-electron chi connectivity index (χ0n) is 10.3. The van der Waals surface area contributed by atoms with E-state index in [0.29, 0.717) is 6.54 Å². The molecule has 0 bridgehead atoms. The molecule has 1 saturated heterocycles. The molecule has 1 aliphatic heterocycles. The molecule has 1 aromatic rings. The van der Waals surface area contributed by atoms with Crippen molar-refractivity contribution in [3.8, 4) is 5.75 Å². The number of piperazine rings is 1. The van der Waals surface area contributed by atoms with E-state index in [-0.39, 0.29) is 17.1 Å². The van der Waals surface area contributed by atoms with Gasteiger partial charge in [0.25, 0.3) is 0 Å². The molecule has 1 heterocycles. The fraction of sp³-hybridized carbons (Fsp3) is 0.538. The summed E-state index contributed by atoms with van der Waals surface area (Å²) in [5.74, 6) is -0.388. The number of phenolic OH excluding ortho intramolecular Hbond substituents is 1. The van der Waals surface area contributed by atoms with Crippen LogP contribution < -0.4 is 5.32 Å². The van der Waals surface area contributed by atoms with Crippen LogP contribution in [0.3, 0.4) is 0 Å². The van der Waals surface area contributed by atoms with Crippen molar-refractivity contribution in [3.63, 3.8) is 0 Å². The standard InChI is InChI=1S/C13H19FN2O/c1-13(2)9-15-3-4-16(13)8-10-5-11(14)7-12(17)6-10/h5-7,15,17H,3-4,8-9H2,1-2H3. The van der Waals surface area contributed by atoms with Gasteiger partial charge in [0.2, 0.25) is 0 Å². The molecule has 0 amide bonds. The van der Waals surface area contributed by atoms with Gasteiger partial charge in [0.05, 0.1) is 0 Å². The van der Waals surface area contributed by atoms with Gasteiger partial charge in [0, 0.05) is 37.8 Å². The Morgan fingerprint density at radius 2 is 2.18 bits per heavy atom. The van der Waals surface area contributed by atoms with Crippen molar-refractivity contribution in [1.29, 1.82) is 0 Å². The van der Waals surface area contributed by atoms with Crippen LogP contribution in [-0.2, 0) is 6.54 Å². The average Bonchev–Trinajstić information content (AvgIpc) is 2.19. The van der Waals surface area contributed by atoms with E-state index in [1.807, 2.05) is 0 Å². The second-order valence-electron chi connectivity index (χ2n) is 5.23. The van der Waals surface area contributed by atoms with E-state index in [2.05, 4.69) is 24.1 Å². The molecule has 1 aliphatic rings. The quantitative estimate of drug-likeness (QED) is 0.823. The monoisotopic (exact) mass is 238 g/mol. The molecule has 1 fully saturated rings. The fourth-order valence-electron chi connectivity index (χ4n) is 2.26. The Balaban J connectivity index is 2.14. The molecule has 17 heavy (non-hydrogen) atoms. The third kappa shape index (κ3) is 2.96. The highest BCUT2D eigenvalue weighted by Crippen LogP contribution is 2.22. The van der Waals surface area contributed by atoms with Gasteiger partial charge in [-0.05, 0) is 31.5 Å². The maximum atomic E-state index is 13.2. The Kier molecular flexibility index (Phi) is 3.35. The number of aromatic hydroxyl groups is 1. The van der Waals surface area contributed by atoms with Gasteiger partial charge >= 0.3 is 0 Å². The molecule has 0 radical (unpaired) electrons. The Morgan fingerprint density at radius 1 is 1.41 bits per heavy atom. The van der Waals surface area contributed by atoms with Gasteiger partial charge in [-0.2, -0.15) is 0 Å². The average molecular weight is 238 g/mol. The normalized spacial score (nSPS) is 20.4. The van der Waals surface area contributed by atoms with E-state index >= 15 is 0 Å². The number of nitrogens with zero attached hydrogens (tertiary/aromatic N) is 1. The smallest absolute Gasteiger partial charge is 0.127 e. The number of hydrogen-bond donors (Lipinski definition) is 2. The first kappa shape index (κ1) is 12.3. The largest absolute Gasteiger partial charge is 0.508 e. The van der Waals surface area contributed by atoms with Gasteiger partial charge in [-0.15, -0.1) is 0 Å². The van der Waals surface area contributed by atoms with E-state index in [4.69, 9.17) is 0 Å². The molecule has 0 saturated carbocycles. The summed E-state index contributed by atoms with van der Waals surface area (Å²) < 4.78 is 13.2. The van der Waals surface area contributed by atoms with E-state index in [1.165, 1.54) is 6.07 Å². The summed E-state index contributed by atoms with van der Waals surface area (Å²) in [6.45, 7) is 7.81. The number of hydrogen-bond acceptors (Lipinski definition) is 3. The van der Waals surface area contributed by atoms with Crippen molar-refractivity contribution in [1.82, 2.24) is 10.2 Å². The van der Waals surface area contributed by atoms with Crippen LogP contribution in [0.5, 0.6) is 5.75 Å². The molecule has 4 heteroatoms. The number of halogens is 1. The SMILES string of the molecule is CC1(C)CNCCN1Cc1cc(O)cc(F)c1. The van der Waals surface area contributed by atoms with Gasteiger partial charge in [-0.25, -0.2) is 4.39 Å². The minimum atomic E-state index is -0.382. The zero-order valence-corrected chi connectivity index (χ0v) is 10.3. The Morgan fingerprint density at radius 3 is 2.82 bits per heavy atom. The highest BCUT2D eigenvalue weighted by molar-refractivity contribution is 5.28. The molecule has 94 valence electrons. The number of phenols is 1. The summed E-state index contributed by atoms with van der Waals surface area (Å²) in [7, 11) is 0. The molecule has 0 unspecified atom stereocenters. The van der Waals surface area contributed by atoms with Gasteiger partial charge in [0.15, 0.2) is 0 Å². The predicted octanol–water partition coefficient (Wildman–Crippen LogP) is 1.72. The van der Waals surface area contributed by atoms with Crippen LogP contribution in [0.25, 0.3) is 0 Å². The van der Waals surface area contributed by atoms with E-state index in [9.17, 15) is 9.50 Å². The fourth-order valence-corrected chi connectivity index (χ4v) is 2.26. The van der Waals surface area contributed by atoms with Crippen molar-refractivity contribution < 1.29 is 9.50 Å². The molecule has 0 spiro atoms. The molecular weight excluding hydrogens is 219 g/mol. The minimum Gasteiger partial charge on any atom is -0.508 e. The van der Waals surface area contributed by atoms with Crippen molar-refractivity contribution >= 4 is 0 Å². The molecular formula is C13H19FN2O. The summed E-state index contributed by atoms with van der Waals surface area (Å²) >= 11 is 0. The van der Waals surface area contributed by atoms with Gasteiger partial charge in [-0.3, -0.25) is 4.90 Å². The number of benzene rings is 1. The summed E-state index contributed by atoms with van der Waals surface area (Å²) in [5, 5.41) is 12.7. The van der Waals surface area contributed by atoms with E-state index in [0.717, 1.165) is 31.3 Å². The molecule has 0 aliphatic carbocycles. The lowest BCUT2D eigenvalue weighted by atomic mass is 9.99. The van der Waals surface area contributed by atoms with Crippen molar-refractivity contribution in [2.24, 2.45) is 0 Å². The lowest BCUT2D eigenvalue weighted by Crippen LogP contribution is -2.57. The molecule has 2 rings (SSSR count). The number of nitrogens with one attached hydrogen (secondary N) is 1. The van der Waals surface area contributed by atoms with E-state index < -0.39 is 0 Å². The maximum absolute atomic E-state index is 13.2. The molecule has 0 aromatic heterocycles. The number of rotatable bonds is 2. The summed E-state index contributed by atoms with van der Waals surface area (Å²) in [4.78, 5) is 2.30. The van der Waals surface area contributed by atoms with Crippen LogP contribution >= 0.6 is 0 Å². The van der Waals surface area contributed by atoms with Gasteiger partial charge < -0.3 is 10.4 Å². The van der Waals surface area contributed by atoms with Gasteiger partial charge in [0.1, 0.15) is 11.6 Å². The van der Waals surface area contributed by atoms with Crippen LogP contribution in [0.4, 0.5) is 4.39 Å². The highest BCUT2D eigenvalue weighted by Gasteiger charge is 2.29.